The van der Waals surface area contributed by atoms with Crippen molar-refractivity contribution in [3.8, 4) is 0 Å². The molecule has 1 saturated heterocycles. The van der Waals surface area contributed by atoms with Crippen LogP contribution in [0.5, 0.6) is 0 Å². The maximum absolute atomic E-state index is 11.5. The molecule has 0 aliphatic carbocycles. The molecule has 18 heavy (non-hydrogen) atoms. The first-order valence-corrected chi connectivity index (χ1v) is 8.65. The van der Waals surface area contributed by atoms with Gasteiger partial charge in [-0.1, -0.05) is 0 Å². The van der Waals surface area contributed by atoms with E-state index >= 15 is 0 Å². The number of hydrogen-bond donors (Lipinski definition) is 0. The zero-order chi connectivity index (χ0) is 13.3. The summed E-state index contributed by atoms with van der Waals surface area (Å²) in [5.41, 5.74) is 0. The molecule has 1 aromatic heterocycles. The molecule has 2 rings (SSSR count). The highest BCUT2D eigenvalue weighted by Gasteiger charge is 2.27. The van der Waals surface area contributed by atoms with Crippen molar-refractivity contribution in [2.24, 2.45) is 0 Å². The second-order valence-corrected chi connectivity index (χ2v) is 8.01. The second-order valence-electron chi connectivity index (χ2n) is 4.75. The molecule has 0 N–H and O–H groups in total. The van der Waals surface area contributed by atoms with E-state index in [0.717, 1.165) is 31.1 Å². The van der Waals surface area contributed by atoms with Crippen molar-refractivity contribution in [3.63, 3.8) is 0 Å². The van der Waals surface area contributed by atoms with Crippen molar-refractivity contribution in [2.45, 2.75) is 25.8 Å². The van der Waals surface area contributed by atoms with Gasteiger partial charge in [-0.05, 0) is 19.8 Å². The highest BCUT2D eigenvalue weighted by Crippen LogP contribution is 2.26. The van der Waals surface area contributed by atoms with Gasteiger partial charge in [0.1, 0.15) is 0 Å². The molecule has 0 unspecified atom stereocenters. The highest BCUT2D eigenvalue weighted by molar-refractivity contribution is 7.88. The van der Waals surface area contributed by atoms with Crippen LogP contribution in [0.4, 0.5) is 5.13 Å². The summed E-state index contributed by atoms with van der Waals surface area (Å²) < 4.78 is 24.5. The van der Waals surface area contributed by atoms with Crippen LogP contribution in [0, 0.1) is 6.92 Å². The van der Waals surface area contributed by atoms with Gasteiger partial charge in [-0.15, -0.1) is 11.3 Å². The summed E-state index contributed by atoms with van der Waals surface area (Å²) in [6.45, 7) is 3.79. The van der Waals surface area contributed by atoms with Crippen LogP contribution in [0.3, 0.4) is 0 Å². The Bertz CT molecular complexity index is 504. The molecule has 0 bridgehead atoms. The number of aromatic nitrogens is 1. The summed E-state index contributed by atoms with van der Waals surface area (Å²) >= 11 is 1.69. The van der Waals surface area contributed by atoms with E-state index in [2.05, 4.69) is 9.88 Å². The molecule has 0 saturated carbocycles. The van der Waals surface area contributed by atoms with Gasteiger partial charge in [-0.25, -0.2) is 17.7 Å². The lowest BCUT2D eigenvalue weighted by Crippen LogP contribution is -2.45. The van der Waals surface area contributed by atoms with E-state index in [4.69, 9.17) is 0 Å². The summed E-state index contributed by atoms with van der Waals surface area (Å²) in [7, 11) is -1.41. The van der Waals surface area contributed by atoms with Gasteiger partial charge in [-0.3, -0.25) is 0 Å². The fourth-order valence-electron chi connectivity index (χ4n) is 2.18. The normalized spacial score (nSPS) is 18.6. The molecular formula is C11H19N3O2S2. The molecule has 5 nitrogen and oxygen atoms in total. The van der Waals surface area contributed by atoms with Crippen LogP contribution in [-0.2, 0) is 10.0 Å². The summed E-state index contributed by atoms with van der Waals surface area (Å²) in [5, 5.41) is 1.05. The van der Waals surface area contributed by atoms with Gasteiger partial charge in [0.2, 0.25) is 10.0 Å². The van der Waals surface area contributed by atoms with Crippen LogP contribution in [0.1, 0.15) is 17.7 Å². The van der Waals surface area contributed by atoms with Crippen molar-refractivity contribution >= 4 is 26.5 Å². The molecule has 2 heterocycles. The number of sulfonamides is 1. The molecule has 0 spiro atoms. The quantitative estimate of drug-likeness (QED) is 0.842. The van der Waals surface area contributed by atoms with Crippen molar-refractivity contribution in [1.29, 1.82) is 0 Å². The van der Waals surface area contributed by atoms with Crippen molar-refractivity contribution in [3.05, 3.63) is 11.1 Å². The standard InChI is InChI=1S/C11H19N3O2S2/c1-9-8-12-11(17-9)14-6-4-10(5-7-14)13(2)18(3,15)16/h8,10H,4-7H2,1-3H3. The van der Waals surface area contributed by atoms with Gasteiger partial charge in [0, 0.05) is 37.3 Å². The highest BCUT2D eigenvalue weighted by atomic mass is 32.2. The Balaban J connectivity index is 1.96. The van der Waals surface area contributed by atoms with Crippen LogP contribution < -0.4 is 4.90 Å². The largest absolute Gasteiger partial charge is 0.348 e. The summed E-state index contributed by atoms with van der Waals surface area (Å²) in [5.74, 6) is 0. The number of piperidine rings is 1. The van der Waals surface area contributed by atoms with Crippen LogP contribution in [0.25, 0.3) is 0 Å². The van der Waals surface area contributed by atoms with Gasteiger partial charge in [0.15, 0.2) is 5.13 Å². The Morgan fingerprint density at radius 2 is 2.06 bits per heavy atom. The first kappa shape index (κ1) is 13.8. The topological polar surface area (TPSA) is 53.5 Å². The molecule has 0 atom stereocenters. The zero-order valence-corrected chi connectivity index (χ0v) is 12.6. The third-order valence-corrected chi connectivity index (χ3v) is 5.70. The van der Waals surface area contributed by atoms with E-state index in [9.17, 15) is 8.42 Å². The lowest BCUT2D eigenvalue weighted by molar-refractivity contribution is 0.314. The predicted molar refractivity (Wildman–Crippen MR) is 74.7 cm³/mol. The Hall–Kier alpha value is -0.660. The lowest BCUT2D eigenvalue weighted by atomic mass is 10.1. The van der Waals surface area contributed by atoms with Gasteiger partial charge >= 0.3 is 0 Å². The molecule has 1 aromatic rings. The maximum Gasteiger partial charge on any atom is 0.211 e. The summed E-state index contributed by atoms with van der Waals surface area (Å²) in [6.07, 6.45) is 4.88. The number of hydrogen-bond acceptors (Lipinski definition) is 5. The Morgan fingerprint density at radius 3 is 2.50 bits per heavy atom. The van der Waals surface area contributed by atoms with Crippen LogP contribution in [-0.4, -0.2) is 50.1 Å². The van der Waals surface area contributed by atoms with E-state index in [1.807, 2.05) is 13.1 Å². The van der Waals surface area contributed by atoms with Crippen LogP contribution in [0.15, 0.2) is 6.20 Å². The number of anilines is 1. The molecule has 0 radical (unpaired) electrons. The third-order valence-electron chi connectivity index (χ3n) is 3.38. The smallest absolute Gasteiger partial charge is 0.211 e. The van der Waals surface area contributed by atoms with Crippen LogP contribution in [0.2, 0.25) is 0 Å². The first-order chi connectivity index (χ1) is 8.38. The molecule has 1 fully saturated rings. The van der Waals surface area contributed by atoms with Gasteiger partial charge in [0.25, 0.3) is 0 Å². The Labute approximate surface area is 112 Å². The second kappa shape index (κ2) is 5.14. The fourth-order valence-corrected chi connectivity index (χ4v) is 3.74. The van der Waals surface area contributed by atoms with Crippen molar-refractivity contribution in [1.82, 2.24) is 9.29 Å². The summed E-state index contributed by atoms with van der Waals surface area (Å²) in [6, 6.07) is 0.123. The number of nitrogens with zero attached hydrogens (tertiary/aromatic N) is 3. The SMILES string of the molecule is Cc1cnc(N2CCC(N(C)S(C)(=O)=O)CC2)s1. The van der Waals surface area contributed by atoms with Crippen molar-refractivity contribution in [2.75, 3.05) is 31.3 Å². The van der Waals surface area contributed by atoms with E-state index in [1.165, 1.54) is 15.4 Å². The molecular weight excluding hydrogens is 270 g/mol. The molecule has 1 aliphatic rings. The van der Waals surface area contributed by atoms with E-state index in [1.54, 1.807) is 18.4 Å². The predicted octanol–water partition coefficient (Wildman–Crippen LogP) is 1.31. The van der Waals surface area contributed by atoms with E-state index in [0.29, 0.717) is 0 Å². The number of aryl methyl sites for hydroxylation is 1. The number of thiazole rings is 1. The Morgan fingerprint density at radius 1 is 1.44 bits per heavy atom. The molecule has 0 amide bonds. The monoisotopic (exact) mass is 289 g/mol. The van der Waals surface area contributed by atoms with Crippen molar-refractivity contribution < 1.29 is 8.42 Å². The molecule has 102 valence electrons. The minimum Gasteiger partial charge on any atom is -0.348 e. The van der Waals surface area contributed by atoms with E-state index < -0.39 is 10.0 Å². The molecule has 0 aromatic carbocycles. The Kier molecular flexibility index (Phi) is 3.93. The van der Waals surface area contributed by atoms with Gasteiger partial charge in [-0.2, -0.15) is 0 Å². The molecule has 1 aliphatic heterocycles. The first-order valence-electron chi connectivity index (χ1n) is 5.98. The third kappa shape index (κ3) is 3.02. The minimum absolute atomic E-state index is 0.123. The average molecular weight is 289 g/mol. The fraction of sp³-hybridized carbons (Fsp3) is 0.727. The minimum atomic E-state index is -3.08. The molecule has 7 heteroatoms. The maximum atomic E-state index is 11.5. The van der Waals surface area contributed by atoms with E-state index in [-0.39, 0.29) is 6.04 Å². The number of rotatable bonds is 3. The lowest BCUT2D eigenvalue weighted by Gasteiger charge is -2.35. The average Bonchev–Trinajstić information content (AvgIpc) is 2.74. The zero-order valence-electron chi connectivity index (χ0n) is 11.0. The van der Waals surface area contributed by atoms with Gasteiger partial charge in [0.05, 0.1) is 6.26 Å². The van der Waals surface area contributed by atoms with Crippen LogP contribution >= 0.6 is 11.3 Å². The van der Waals surface area contributed by atoms with Gasteiger partial charge < -0.3 is 4.90 Å². The summed E-state index contributed by atoms with van der Waals surface area (Å²) in [4.78, 5) is 7.82.